The number of hydrogen-bond donors (Lipinski definition) is 0. The fourth-order valence-corrected chi connectivity index (χ4v) is 6.16. The number of carbonyl (C=O) groups is 2. The number of nitrogens with zero attached hydrogens (tertiary/aromatic N) is 2. The Balaban J connectivity index is 1.34. The lowest BCUT2D eigenvalue weighted by molar-refractivity contribution is 0.0893. The van der Waals surface area contributed by atoms with Crippen LogP contribution in [0.5, 0.6) is 0 Å². The van der Waals surface area contributed by atoms with E-state index in [0.717, 1.165) is 38.6 Å². The molecule has 1 aromatic heterocycles. The zero-order chi connectivity index (χ0) is 26.8. The Morgan fingerprint density at radius 2 is 1.02 bits per heavy atom. The van der Waals surface area contributed by atoms with Crippen molar-refractivity contribution in [2.45, 2.75) is 0 Å². The average molecular weight is 515 g/mol. The van der Waals surface area contributed by atoms with Gasteiger partial charge in [0.05, 0.1) is 16.7 Å². The molecule has 0 fully saturated rings. The van der Waals surface area contributed by atoms with Gasteiger partial charge >= 0.3 is 0 Å². The lowest BCUT2D eigenvalue weighted by atomic mass is 9.88. The number of benzene rings is 6. The van der Waals surface area contributed by atoms with Crippen molar-refractivity contribution in [3.05, 3.63) is 145 Å². The summed E-state index contributed by atoms with van der Waals surface area (Å²) < 4.78 is 2.29. The van der Waals surface area contributed by atoms with Crippen molar-refractivity contribution in [3.63, 3.8) is 0 Å². The molecule has 4 nitrogen and oxygen atoms in total. The standard InChI is InChI=1S/C36H22N2O2/c39-35-29-16-9-15-28-26(19-20-30(34(28)29)36(40)38(35)25-12-5-2-6-13-25)23-18-21-33-31(22-23)27-14-7-8-17-32(27)37(33)24-10-3-1-4-11-24/h1-22H. The van der Waals surface area contributed by atoms with Gasteiger partial charge in [0.1, 0.15) is 0 Å². The quantitative estimate of drug-likeness (QED) is 0.222. The summed E-state index contributed by atoms with van der Waals surface area (Å²) in [6.07, 6.45) is 0. The van der Waals surface area contributed by atoms with E-state index in [9.17, 15) is 9.59 Å². The minimum atomic E-state index is -0.298. The fraction of sp³-hybridized carbons (Fsp3) is 0. The van der Waals surface area contributed by atoms with Crippen LogP contribution in [0.2, 0.25) is 0 Å². The maximum Gasteiger partial charge on any atom is 0.265 e. The van der Waals surface area contributed by atoms with Gasteiger partial charge < -0.3 is 4.57 Å². The predicted molar refractivity (Wildman–Crippen MR) is 161 cm³/mol. The highest BCUT2D eigenvalue weighted by Crippen LogP contribution is 2.40. The Morgan fingerprint density at radius 1 is 0.425 bits per heavy atom. The smallest absolute Gasteiger partial charge is 0.265 e. The van der Waals surface area contributed by atoms with E-state index in [0.29, 0.717) is 22.2 Å². The van der Waals surface area contributed by atoms with Gasteiger partial charge in [0, 0.05) is 33.0 Å². The predicted octanol–water partition coefficient (Wildman–Crippen LogP) is 8.40. The highest BCUT2D eigenvalue weighted by atomic mass is 16.2. The molecule has 4 heteroatoms. The second kappa shape index (κ2) is 8.52. The number of aromatic nitrogens is 1. The third kappa shape index (κ3) is 3.13. The van der Waals surface area contributed by atoms with E-state index < -0.39 is 0 Å². The molecule has 0 N–H and O–H groups in total. The van der Waals surface area contributed by atoms with Crippen LogP contribution in [0, 0.1) is 0 Å². The van der Waals surface area contributed by atoms with Crippen molar-refractivity contribution >= 4 is 50.1 Å². The third-order valence-electron chi connectivity index (χ3n) is 7.92. The molecule has 188 valence electrons. The Morgan fingerprint density at radius 3 is 1.80 bits per heavy atom. The van der Waals surface area contributed by atoms with E-state index in [1.54, 1.807) is 12.1 Å². The van der Waals surface area contributed by atoms with Crippen molar-refractivity contribution in [1.82, 2.24) is 4.57 Å². The molecule has 8 rings (SSSR count). The SMILES string of the molecule is O=C1c2cccc3c(-c4ccc5c(c4)c4ccccc4n5-c4ccccc4)ccc(c23)C(=O)N1c1ccccc1. The second-order valence-corrected chi connectivity index (χ2v) is 10.1. The zero-order valence-electron chi connectivity index (χ0n) is 21.4. The molecule has 0 atom stereocenters. The van der Waals surface area contributed by atoms with Crippen LogP contribution in [-0.4, -0.2) is 16.4 Å². The first kappa shape index (κ1) is 22.5. The first-order valence-electron chi connectivity index (χ1n) is 13.3. The third-order valence-corrected chi connectivity index (χ3v) is 7.92. The maximum atomic E-state index is 13.6. The van der Waals surface area contributed by atoms with Crippen molar-refractivity contribution in [3.8, 4) is 16.8 Å². The number of imide groups is 1. The van der Waals surface area contributed by atoms with Crippen LogP contribution in [0.3, 0.4) is 0 Å². The topological polar surface area (TPSA) is 42.3 Å². The van der Waals surface area contributed by atoms with Crippen LogP contribution < -0.4 is 4.90 Å². The highest BCUT2D eigenvalue weighted by molar-refractivity contribution is 6.36. The summed E-state index contributed by atoms with van der Waals surface area (Å²) in [6, 6.07) is 44.1. The van der Waals surface area contributed by atoms with Crippen molar-refractivity contribution in [1.29, 1.82) is 0 Å². The summed E-state index contributed by atoms with van der Waals surface area (Å²) in [5.41, 5.74) is 7.08. The summed E-state index contributed by atoms with van der Waals surface area (Å²) >= 11 is 0. The van der Waals surface area contributed by atoms with Crippen LogP contribution >= 0.6 is 0 Å². The van der Waals surface area contributed by atoms with Gasteiger partial charge in [-0.25, -0.2) is 4.90 Å². The maximum absolute atomic E-state index is 13.6. The number of fused-ring (bicyclic) bond motifs is 3. The number of para-hydroxylation sites is 3. The molecule has 2 amide bonds. The molecule has 1 aliphatic heterocycles. The molecular formula is C36H22N2O2. The molecular weight excluding hydrogens is 492 g/mol. The molecule has 0 spiro atoms. The Bertz CT molecular complexity index is 2120. The van der Waals surface area contributed by atoms with Gasteiger partial charge in [-0.05, 0) is 71.1 Å². The van der Waals surface area contributed by atoms with E-state index in [1.165, 1.54) is 10.3 Å². The molecule has 40 heavy (non-hydrogen) atoms. The van der Waals surface area contributed by atoms with Gasteiger partial charge in [-0.2, -0.15) is 0 Å². The molecule has 0 saturated carbocycles. The van der Waals surface area contributed by atoms with Crippen LogP contribution in [-0.2, 0) is 0 Å². The highest BCUT2D eigenvalue weighted by Gasteiger charge is 2.34. The van der Waals surface area contributed by atoms with Crippen LogP contribution in [0.4, 0.5) is 5.69 Å². The van der Waals surface area contributed by atoms with Gasteiger partial charge in [0.25, 0.3) is 11.8 Å². The van der Waals surface area contributed by atoms with Gasteiger partial charge in [0.2, 0.25) is 0 Å². The van der Waals surface area contributed by atoms with Crippen molar-refractivity contribution in [2.75, 3.05) is 4.90 Å². The van der Waals surface area contributed by atoms with Gasteiger partial charge in [-0.1, -0.05) is 78.9 Å². The monoisotopic (exact) mass is 514 g/mol. The molecule has 6 aromatic carbocycles. The lowest BCUT2D eigenvalue weighted by Gasteiger charge is -2.27. The summed E-state index contributed by atoms with van der Waals surface area (Å²) in [6.45, 7) is 0. The fourth-order valence-electron chi connectivity index (χ4n) is 6.16. The molecule has 0 unspecified atom stereocenters. The molecule has 7 aromatic rings. The first-order chi connectivity index (χ1) is 19.7. The summed E-state index contributed by atoms with van der Waals surface area (Å²) in [5.74, 6) is -0.597. The molecule has 0 bridgehead atoms. The number of amides is 2. The molecule has 0 aliphatic carbocycles. The molecule has 0 saturated heterocycles. The van der Waals surface area contributed by atoms with E-state index in [2.05, 4.69) is 71.3 Å². The normalized spacial score (nSPS) is 13.1. The van der Waals surface area contributed by atoms with Crippen LogP contribution in [0.15, 0.2) is 133 Å². The Hall–Kier alpha value is -5.48. The van der Waals surface area contributed by atoms with E-state index in [4.69, 9.17) is 0 Å². The van der Waals surface area contributed by atoms with Crippen LogP contribution in [0.25, 0.3) is 49.4 Å². The van der Waals surface area contributed by atoms with Crippen LogP contribution in [0.1, 0.15) is 20.7 Å². The molecule has 1 aliphatic rings. The van der Waals surface area contributed by atoms with Crippen molar-refractivity contribution < 1.29 is 9.59 Å². The van der Waals surface area contributed by atoms with E-state index in [1.807, 2.05) is 54.6 Å². The first-order valence-corrected chi connectivity index (χ1v) is 13.3. The summed E-state index contributed by atoms with van der Waals surface area (Å²) in [4.78, 5) is 28.5. The average Bonchev–Trinajstić information content (AvgIpc) is 3.34. The number of rotatable bonds is 3. The van der Waals surface area contributed by atoms with Crippen molar-refractivity contribution in [2.24, 2.45) is 0 Å². The second-order valence-electron chi connectivity index (χ2n) is 10.1. The zero-order valence-corrected chi connectivity index (χ0v) is 21.4. The van der Waals surface area contributed by atoms with Gasteiger partial charge in [-0.15, -0.1) is 0 Å². The number of hydrogen-bond acceptors (Lipinski definition) is 2. The molecule has 0 radical (unpaired) electrons. The molecule has 2 heterocycles. The van der Waals surface area contributed by atoms with E-state index in [-0.39, 0.29) is 11.8 Å². The Kier molecular flexibility index (Phi) is 4.79. The number of anilines is 1. The minimum absolute atomic E-state index is 0.298. The Labute approximate surface area is 230 Å². The number of carbonyl (C=O) groups excluding carboxylic acids is 2. The van der Waals surface area contributed by atoms with E-state index >= 15 is 0 Å². The largest absolute Gasteiger partial charge is 0.309 e. The van der Waals surface area contributed by atoms with Gasteiger partial charge in [-0.3, -0.25) is 9.59 Å². The lowest BCUT2D eigenvalue weighted by Crippen LogP contribution is -2.40. The summed E-state index contributed by atoms with van der Waals surface area (Å²) in [7, 11) is 0. The minimum Gasteiger partial charge on any atom is -0.309 e. The summed E-state index contributed by atoms with van der Waals surface area (Å²) in [5, 5.41) is 3.94. The van der Waals surface area contributed by atoms with Gasteiger partial charge in [0.15, 0.2) is 0 Å².